The van der Waals surface area contributed by atoms with E-state index in [1.165, 1.54) is 0 Å². The lowest BCUT2D eigenvalue weighted by atomic mass is 9.89. The van der Waals surface area contributed by atoms with Crippen LogP contribution in [0.5, 0.6) is 0 Å². The standard InChI is InChI=1S/C25H31N7O2/c1-25(2)21(33)8-5-11-32(25)24-27-17-20(34-24)18-6-4-7-19(16-18)28-23-26-10-9-22(29-23)31-14-12-30(3)13-15-31/h4,6-7,9-10,16-17H,5,8,11-15H2,1-3H3,(H,26,28,29). The normalized spacial score (nSPS) is 18.9. The summed E-state index contributed by atoms with van der Waals surface area (Å²) in [5.74, 6) is 2.35. The van der Waals surface area contributed by atoms with Crippen molar-refractivity contribution in [1.29, 1.82) is 0 Å². The van der Waals surface area contributed by atoms with Crippen molar-refractivity contribution >= 4 is 29.3 Å². The Kier molecular flexibility index (Phi) is 5.95. The van der Waals surface area contributed by atoms with Crippen LogP contribution < -0.4 is 15.1 Å². The number of aromatic nitrogens is 3. The smallest absolute Gasteiger partial charge is 0.298 e. The number of nitrogens with one attached hydrogen (secondary N) is 1. The van der Waals surface area contributed by atoms with Gasteiger partial charge in [-0.3, -0.25) is 4.79 Å². The average Bonchev–Trinajstić information content (AvgIpc) is 3.32. The fourth-order valence-corrected chi connectivity index (χ4v) is 4.49. The third-order valence-electron chi connectivity index (χ3n) is 6.74. The van der Waals surface area contributed by atoms with Gasteiger partial charge < -0.3 is 24.4 Å². The van der Waals surface area contributed by atoms with Crippen molar-refractivity contribution in [3.05, 3.63) is 42.7 Å². The molecule has 9 nitrogen and oxygen atoms in total. The zero-order valence-electron chi connectivity index (χ0n) is 20.0. The fraction of sp³-hybridized carbons (Fsp3) is 0.440. The molecule has 0 atom stereocenters. The van der Waals surface area contributed by atoms with Crippen molar-refractivity contribution in [2.24, 2.45) is 0 Å². The van der Waals surface area contributed by atoms with Gasteiger partial charge in [0.05, 0.1) is 11.7 Å². The molecule has 1 aromatic carbocycles. The lowest BCUT2D eigenvalue weighted by Crippen LogP contribution is -2.54. The summed E-state index contributed by atoms with van der Waals surface area (Å²) >= 11 is 0. The van der Waals surface area contributed by atoms with Crippen molar-refractivity contribution in [2.45, 2.75) is 32.2 Å². The van der Waals surface area contributed by atoms with Gasteiger partial charge in [-0.05, 0) is 45.5 Å². The minimum atomic E-state index is -0.615. The number of rotatable bonds is 5. The number of nitrogens with zero attached hydrogens (tertiary/aromatic N) is 6. The quantitative estimate of drug-likeness (QED) is 0.612. The van der Waals surface area contributed by atoms with Crippen molar-refractivity contribution in [3.63, 3.8) is 0 Å². The van der Waals surface area contributed by atoms with Gasteiger partial charge in [0.2, 0.25) is 5.95 Å². The maximum Gasteiger partial charge on any atom is 0.298 e. The first-order chi connectivity index (χ1) is 16.4. The Morgan fingerprint density at radius 3 is 2.71 bits per heavy atom. The first-order valence-corrected chi connectivity index (χ1v) is 11.8. The van der Waals surface area contributed by atoms with E-state index in [9.17, 15) is 4.79 Å². The fourth-order valence-electron chi connectivity index (χ4n) is 4.49. The number of anilines is 4. The Bertz CT molecular complexity index is 1170. The second kappa shape index (κ2) is 9.06. The van der Waals surface area contributed by atoms with Gasteiger partial charge in [0.15, 0.2) is 11.5 Å². The summed E-state index contributed by atoms with van der Waals surface area (Å²) < 4.78 is 6.10. The third-order valence-corrected chi connectivity index (χ3v) is 6.74. The zero-order chi connectivity index (χ0) is 23.7. The van der Waals surface area contributed by atoms with E-state index >= 15 is 0 Å². The van der Waals surface area contributed by atoms with Gasteiger partial charge in [0.1, 0.15) is 5.82 Å². The van der Waals surface area contributed by atoms with Crippen LogP contribution in [0, 0.1) is 0 Å². The van der Waals surface area contributed by atoms with Crippen molar-refractivity contribution in [2.75, 3.05) is 54.9 Å². The summed E-state index contributed by atoms with van der Waals surface area (Å²) in [5, 5.41) is 3.31. The summed E-state index contributed by atoms with van der Waals surface area (Å²) in [5.41, 5.74) is 1.13. The molecule has 0 aliphatic carbocycles. The number of carbonyl (C=O) groups is 1. The SMILES string of the molecule is CN1CCN(c2ccnc(Nc3cccc(-c4cnc(N5CCCC(=O)C5(C)C)o4)c3)n2)CC1. The van der Waals surface area contributed by atoms with Gasteiger partial charge in [0.25, 0.3) is 6.01 Å². The first kappa shape index (κ1) is 22.3. The van der Waals surface area contributed by atoms with Crippen molar-refractivity contribution < 1.29 is 9.21 Å². The Hall–Kier alpha value is -3.46. The molecule has 3 aromatic rings. The molecule has 0 spiro atoms. The highest BCUT2D eigenvalue weighted by molar-refractivity contribution is 5.91. The van der Waals surface area contributed by atoms with Gasteiger partial charge in [-0.25, -0.2) is 9.97 Å². The molecule has 4 heterocycles. The Labute approximate surface area is 199 Å². The van der Waals surface area contributed by atoms with E-state index < -0.39 is 5.54 Å². The van der Waals surface area contributed by atoms with Gasteiger partial charge in [-0.1, -0.05) is 12.1 Å². The number of ketones is 1. The van der Waals surface area contributed by atoms with Crippen molar-refractivity contribution in [3.8, 4) is 11.3 Å². The van der Waals surface area contributed by atoms with E-state index in [0.717, 1.165) is 56.2 Å². The van der Waals surface area contributed by atoms with Crippen LogP contribution >= 0.6 is 0 Å². The van der Waals surface area contributed by atoms with Crippen LogP contribution in [0.25, 0.3) is 11.3 Å². The molecular formula is C25H31N7O2. The maximum atomic E-state index is 12.4. The lowest BCUT2D eigenvalue weighted by Gasteiger charge is -2.39. The number of oxazole rings is 1. The minimum Gasteiger partial charge on any atom is -0.423 e. The maximum absolute atomic E-state index is 12.4. The Balaban J connectivity index is 1.32. The van der Waals surface area contributed by atoms with Gasteiger partial charge in [0, 0.05) is 56.6 Å². The number of hydrogen-bond acceptors (Lipinski definition) is 9. The van der Waals surface area contributed by atoms with E-state index in [2.05, 4.69) is 32.1 Å². The van der Waals surface area contributed by atoms with Crippen LogP contribution in [-0.2, 0) is 4.79 Å². The second-order valence-corrected chi connectivity index (χ2v) is 9.48. The summed E-state index contributed by atoms with van der Waals surface area (Å²) in [4.78, 5) is 32.6. The van der Waals surface area contributed by atoms with Crippen LogP contribution in [0.3, 0.4) is 0 Å². The number of carbonyl (C=O) groups excluding carboxylic acids is 1. The molecule has 34 heavy (non-hydrogen) atoms. The van der Waals surface area contributed by atoms with E-state index in [1.54, 1.807) is 12.4 Å². The van der Waals surface area contributed by atoms with E-state index in [1.807, 2.05) is 49.1 Å². The van der Waals surface area contributed by atoms with E-state index in [-0.39, 0.29) is 5.78 Å². The van der Waals surface area contributed by atoms with Crippen LogP contribution in [0.15, 0.2) is 47.1 Å². The molecule has 2 aliphatic rings. The molecule has 1 N–H and O–H groups in total. The molecule has 2 saturated heterocycles. The lowest BCUT2D eigenvalue weighted by molar-refractivity contribution is -0.124. The molecule has 2 aliphatic heterocycles. The molecule has 0 unspecified atom stereocenters. The molecule has 0 saturated carbocycles. The van der Waals surface area contributed by atoms with E-state index in [4.69, 9.17) is 9.40 Å². The summed E-state index contributed by atoms with van der Waals surface area (Å²) in [6.45, 7) is 8.57. The first-order valence-electron chi connectivity index (χ1n) is 11.8. The molecular weight excluding hydrogens is 430 g/mol. The topological polar surface area (TPSA) is 90.6 Å². The van der Waals surface area contributed by atoms with Crippen molar-refractivity contribution in [1.82, 2.24) is 19.9 Å². The number of Topliss-reactive ketones (excluding diaryl/α,β-unsaturated/α-hetero) is 1. The van der Waals surface area contributed by atoms with Crippen LogP contribution in [0.4, 0.5) is 23.5 Å². The van der Waals surface area contributed by atoms with Crippen LogP contribution in [0.2, 0.25) is 0 Å². The second-order valence-electron chi connectivity index (χ2n) is 9.48. The molecule has 5 rings (SSSR count). The van der Waals surface area contributed by atoms with Gasteiger partial charge in [-0.15, -0.1) is 0 Å². The number of piperazine rings is 1. The number of benzene rings is 1. The Morgan fingerprint density at radius 1 is 1.06 bits per heavy atom. The Morgan fingerprint density at radius 2 is 1.88 bits per heavy atom. The molecule has 2 fully saturated rings. The molecule has 2 aromatic heterocycles. The summed E-state index contributed by atoms with van der Waals surface area (Å²) in [7, 11) is 2.14. The summed E-state index contributed by atoms with van der Waals surface area (Å²) in [6.07, 6.45) is 4.92. The predicted octanol–water partition coefficient (Wildman–Crippen LogP) is 3.57. The van der Waals surface area contributed by atoms with E-state index in [0.29, 0.717) is 24.1 Å². The minimum absolute atomic E-state index is 0.212. The van der Waals surface area contributed by atoms with Crippen LogP contribution in [0.1, 0.15) is 26.7 Å². The molecule has 0 radical (unpaired) electrons. The number of likely N-dealkylation sites (N-methyl/N-ethyl adjacent to an activating group) is 1. The highest BCUT2D eigenvalue weighted by Crippen LogP contribution is 2.33. The average molecular weight is 462 g/mol. The molecule has 178 valence electrons. The van der Waals surface area contributed by atoms with Crippen LogP contribution in [-0.4, -0.2) is 70.9 Å². The van der Waals surface area contributed by atoms with Gasteiger partial charge in [-0.2, -0.15) is 4.98 Å². The monoisotopic (exact) mass is 461 g/mol. The third kappa shape index (κ3) is 4.48. The predicted molar refractivity (Wildman–Crippen MR) is 133 cm³/mol. The number of hydrogen-bond donors (Lipinski definition) is 1. The van der Waals surface area contributed by atoms with Gasteiger partial charge >= 0.3 is 0 Å². The largest absolute Gasteiger partial charge is 0.423 e. The highest BCUT2D eigenvalue weighted by atomic mass is 16.4. The number of piperidine rings is 1. The molecule has 0 bridgehead atoms. The molecule has 9 heteroatoms. The zero-order valence-corrected chi connectivity index (χ0v) is 20.0. The summed E-state index contributed by atoms with van der Waals surface area (Å²) in [6, 6.07) is 10.3. The highest BCUT2D eigenvalue weighted by Gasteiger charge is 2.39. The molecule has 0 amide bonds.